The summed E-state index contributed by atoms with van der Waals surface area (Å²) in [6.45, 7) is 4.55. The first kappa shape index (κ1) is 24.5. The molecule has 0 fully saturated rings. The number of methoxy groups -OCH3 is 2. The van der Waals surface area contributed by atoms with E-state index in [0.29, 0.717) is 47.5 Å². The van der Waals surface area contributed by atoms with Gasteiger partial charge >= 0.3 is 5.97 Å². The van der Waals surface area contributed by atoms with Crippen LogP contribution in [-0.4, -0.2) is 50.1 Å². The van der Waals surface area contributed by atoms with Crippen molar-refractivity contribution in [1.29, 1.82) is 0 Å². The van der Waals surface area contributed by atoms with Crippen LogP contribution in [0.4, 0.5) is 0 Å². The fourth-order valence-corrected chi connectivity index (χ4v) is 4.70. The normalized spacial score (nSPS) is 16.5. The second-order valence-corrected chi connectivity index (χ2v) is 8.46. The lowest BCUT2D eigenvalue weighted by atomic mass is 9.94. The summed E-state index contributed by atoms with van der Waals surface area (Å²) < 4.78 is 28.0. The first-order valence-electron chi connectivity index (χ1n) is 11.2. The zero-order valence-electron chi connectivity index (χ0n) is 20.1. The summed E-state index contributed by atoms with van der Waals surface area (Å²) in [6, 6.07) is 12.7. The van der Waals surface area contributed by atoms with Gasteiger partial charge in [-0.3, -0.25) is 0 Å². The summed E-state index contributed by atoms with van der Waals surface area (Å²) in [4.78, 5) is 19.4. The average molecular weight is 497 g/mol. The molecule has 0 unspecified atom stereocenters. The molecule has 2 aromatic carbocycles. The number of allylic oxidation sites excluding steroid dienone is 1. The van der Waals surface area contributed by atoms with Crippen molar-refractivity contribution in [2.45, 2.75) is 19.9 Å². The number of carbonyl (C=O) groups is 1. The molecule has 4 rings (SSSR count). The summed E-state index contributed by atoms with van der Waals surface area (Å²) in [5.74, 6) is 2.08. The molecule has 0 aromatic heterocycles. The van der Waals surface area contributed by atoms with Gasteiger partial charge in [0.15, 0.2) is 28.2 Å². The monoisotopic (exact) mass is 496 g/mol. The van der Waals surface area contributed by atoms with E-state index in [9.17, 15) is 4.79 Å². The maximum atomic E-state index is 12.9. The van der Waals surface area contributed by atoms with Crippen molar-refractivity contribution >= 4 is 22.9 Å². The summed E-state index contributed by atoms with van der Waals surface area (Å²) in [7, 11) is 3.19. The van der Waals surface area contributed by atoms with E-state index in [1.54, 1.807) is 21.1 Å². The smallest absolute Gasteiger partial charge is 0.338 e. The van der Waals surface area contributed by atoms with Crippen LogP contribution in [0, 0.1) is 0 Å². The minimum atomic E-state index is -0.385. The van der Waals surface area contributed by atoms with E-state index in [4.69, 9.17) is 23.7 Å². The number of para-hydroxylation sites is 2. The van der Waals surface area contributed by atoms with E-state index in [1.807, 2.05) is 65.9 Å². The lowest BCUT2D eigenvalue weighted by molar-refractivity contribution is -0.139. The lowest BCUT2D eigenvalue weighted by Gasteiger charge is -2.33. The number of aliphatic imine (C=N–C) groups is 1. The van der Waals surface area contributed by atoms with Gasteiger partial charge in [0, 0.05) is 6.20 Å². The number of thioether (sulfide) groups is 1. The lowest BCUT2D eigenvalue weighted by Crippen LogP contribution is -2.34. The Morgan fingerprint density at radius 1 is 1.00 bits per heavy atom. The minimum absolute atomic E-state index is 0.288. The van der Waals surface area contributed by atoms with Gasteiger partial charge in [-0.1, -0.05) is 30.0 Å². The molecule has 0 spiro atoms. The molecule has 0 aliphatic carbocycles. The van der Waals surface area contributed by atoms with Crippen LogP contribution >= 0.6 is 11.8 Å². The van der Waals surface area contributed by atoms with Gasteiger partial charge in [-0.25, -0.2) is 9.79 Å². The fraction of sp³-hybridized carbons (Fsp3) is 0.308. The number of hydrogen-bond donors (Lipinski definition) is 0. The van der Waals surface area contributed by atoms with Crippen LogP contribution in [0.3, 0.4) is 0 Å². The van der Waals surface area contributed by atoms with Gasteiger partial charge < -0.3 is 28.6 Å². The topological polar surface area (TPSA) is 78.8 Å². The number of ether oxygens (including phenoxy) is 5. The van der Waals surface area contributed by atoms with Crippen LogP contribution in [0.5, 0.6) is 23.0 Å². The van der Waals surface area contributed by atoms with Gasteiger partial charge in [-0.15, -0.1) is 0 Å². The third-order valence-corrected chi connectivity index (χ3v) is 6.26. The molecule has 2 heterocycles. The number of benzene rings is 2. The number of esters is 1. The molecular weight excluding hydrogens is 468 g/mol. The fourth-order valence-electron chi connectivity index (χ4n) is 3.91. The van der Waals surface area contributed by atoms with Crippen molar-refractivity contribution in [1.82, 2.24) is 4.90 Å². The largest absolute Gasteiger partial charge is 0.493 e. The van der Waals surface area contributed by atoms with Crippen molar-refractivity contribution in [2.75, 3.05) is 34.0 Å². The molecule has 8 nitrogen and oxygen atoms in total. The number of rotatable bonds is 10. The number of nitrogens with zero attached hydrogens (tertiary/aromatic N) is 2. The zero-order chi connectivity index (χ0) is 24.8. The molecule has 2 aliphatic rings. The van der Waals surface area contributed by atoms with Gasteiger partial charge in [0.25, 0.3) is 0 Å². The van der Waals surface area contributed by atoms with Crippen molar-refractivity contribution in [3.8, 4) is 23.0 Å². The number of carbonyl (C=O) groups excluding carboxylic acids is 1. The quantitative estimate of drug-likeness (QED) is 0.339. The third-order valence-electron chi connectivity index (χ3n) is 5.49. The number of hydrogen-bond acceptors (Lipinski definition) is 9. The van der Waals surface area contributed by atoms with Gasteiger partial charge in [0.1, 0.15) is 13.2 Å². The number of fused-ring (bicyclic) bond motifs is 1. The molecule has 0 N–H and O–H groups in total. The molecule has 2 aromatic rings. The molecule has 35 heavy (non-hydrogen) atoms. The van der Waals surface area contributed by atoms with Crippen molar-refractivity contribution in [2.24, 2.45) is 4.99 Å². The van der Waals surface area contributed by atoms with Crippen LogP contribution in [-0.2, 0) is 9.53 Å². The predicted octanol–water partition coefficient (Wildman–Crippen LogP) is 4.93. The van der Waals surface area contributed by atoms with E-state index in [2.05, 4.69) is 4.99 Å². The molecule has 0 saturated heterocycles. The van der Waals surface area contributed by atoms with Crippen LogP contribution in [0.2, 0.25) is 0 Å². The first-order valence-corrected chi connectivity index (χ1v) is 12.1. The van der Waals surface area contributed by atoms with E-state index >= 15 is 0 Å². The second-order valence-electron chi connectivity index (χ2n) is 7.58. The van der Waals surface area contributed by atoms with Crippen LogP contribution in [0.15, 0.2) is 70.3 Å². The van der Waals surface area contributed by atoms with Gasteiger partial charge in [-0.05, 0) is 49.1 Å². The molecule has 0 bridgehead atoms. The van der Waals surface area contributed by atoms with E-state index < -0.39 is 0 Å². The number of amidine groups is 1. The predicted molar refractivity (Wildman–Crippen MR) is 135 cm³/mol. The molecule has 1 atom stereocenters. The highest BCUT2D eigenvalue weighted by Gasteiger charge is 2.37. The van der Waals surface area contributed by atoms with Gasteiger partial charge in [0.05, 0.1) is 38.1 Å². The summed E-state index contributed by atoms with van der Waals surface area (Å²) in [5.41, 5.74) is 2.01. The highest BCUT2D eigenvalue weighted by Crippen LogP contribution is 2.43. The summed E-state index contributed by atoms with van der Waals surface area (Å²) in [5, 5.41) is 2.76. The molecule has 184 valence electrons. The molecule has 0 amide bonds. The van der Waals surface area contributed by atoms with Crippen molar-refractivity contribution < 1.29 is 28.5 Å². The average Bonchev–Trinajstić information content (AvgIpc) is 3.34. The Bertz CT molecular complexity index is 1180. The van der Waals surface area contributed by atoms with Crippen LogP contribution in [0.1, 0.15) is 25.5 Å². The zero-order valence-corrected chi connectivity index (χ0v) is 21.0. The van der Waals surface area contributed by atoms with E-state index in [-0.39, 0.29) is 18.6 Å². The molecular formula is C26H28N2O6S. The van der Waals surface area contributed by atoms with Crippen LogP contribution in [0.25, 0.3) is 0 Å². The van der Waals surface area contributed by atoms with Crippen molar-refractivity contribution in [3.05, 3.63) is 70.9 Å². The molecule has 0 radical (unpaired) electrons. The van der Waals surface area contributed by atoms with E-state index in [0.717, 1.165) is 10.7 Å². The third kappa shape index (κ3) is 5.24. The highest BCUT2D eigenvalue weighted by atomic mass is 32.2. The van der Waals surface area contributed by atoms with Gasteiger partial charge in [-0.2, -0.15) is 0 Å². The van der Waals surface area contributed by atoms with Crippen LogP contribution < -0.4 is 18.9 Å². The Morgan fingerprint density at radius 3 is 2.37 bits per heavy atom. The first-order chi connectivity index (χ1) is 17.1. The van der Waals surface area contributed by atoms with Gasteiger partial charge in [0.2, 0.25) is 0 Å². The highest BCUT2D eigenvalue weighted by molar-refractivity contribution is 8.16. The summed E-state index contributed by atoms with van der Waals surface area (Å²) >= 11 is 1.51. The second kappa shape index (κ2) is 11.2. The Kier molecular flexibility index (Phi) is 7.87. The summed E-state index contributed by atoms with van der Waals surface area (Å²) in [6.07, 6.45) is 1.92. The van der Waals surface area contributed by atoms with E-state index in [1.165, 1.54) is 11.8 Å². The maximum Gasteiger partial charge on any atom is 0.338 e. The standard InChI is InChI=1S/C26H28N2O6S/c1-5-32-25(29)23-17(2)27-26-28(12-15-35-26)24(23)18-10-11-21(22(16-18)31-4)34-14-13-33-20-9-7-6-8-19(20)30-3/h6-12,15-16,24H,5,13-14H2,1-4H3/t24-/m1/s1. The Hall–Kier alpha value is -3.59. The minimum Gasteiger partial charge on any atom is -0.493 e. The molecule has 2 aliphatic heterocycles. The Balaban J connectivity index is 1.52. The van der Waals surface area contributed by atoms with Crippen molar-refractivity contribution in [3.63, 3.8) is 0 Å². The SMILES string of the molecule is CCOC(=O)C1=C(C)N=C2SC=CN2[C@@H]1c1ccc(OCCOc2ccccc2OC)c(OC)c1. The molecule has 9 heteroatoms. The molecule has 0 saturated carbocycles. The Labute approximate surface area is 209 Å². The maximum absolute atomic E-state index is 12.9. The Morgan fingerprint density at radius 2 is 1.69 bits per heavy atom.